The molecule has 0 aliphatic heterocycles. The number of hydrogen-bond acceptors (Lipinski definition) is 1. The van der Waals surface area contributed by atoms with E-state index < -0.39 is 11.9 Å². The van der Waals surface area contributed by atoms with Gasteiger partial charge >= 0.3 is 0 Å². The molecule has 7 heteroatoms. The van der Waals surface area contributed by atoms with Crippen LogP contribution in [0.4, 0.5) is 10.1 Å². The molecule has 0 saturated heterocycles. The van der Waals surface area contributed by atoms with E-state index in [-0.39, 0.29) is 17.0 Å². The van der Waals surface area contributed by atoms with Crippen LogP contribution in [-0.2, 0) is 4.79 Å². The first-order chi connectivity index (χ1) is 11.3. The van der Waals surface area contributed by atoms with Crippen LogP contribution in [0.2, 0.25) is 15.1 Å². The van der Waals surface area contributed by atoms with E-state index >= 15 is 0 Å². The molecule has 2 aromatic rings. The Labute approximate surface area is 155 Å². The van der Waals surface area contributed by atoms with Gasteiger partial charge in [0, 0.05) is 10.6 Å². The van der Waals surface area contributed by atoms with Crippen LogP contribution in [0.5, 0.6) is 0 Å². The molecule has 128 valence electrons. The maximum absolute atomic E-state index is 13.0. The third-order valence-corrected chi connectivity index (χ3v) is 4.51. The molecule has 0 aromatic heterocycles. The highest BCUT2D eigenvalue weighted by Gasteiger charge is 2.22. The van der Waals surface area contributed by atoms with E-state index in [1.54, 1.807) is 19.1 Å². The van der Waals surface area contributed by atoms with E-state index in [0.717, 1.165) is 11.6 Å². The highest BCUT2D eigenvalue weighted by molar-refractivity contribution is 6.35. The van der Waals surface area contributed by atoms with Crippen LogP contribution in [0.25, 0.3) is 0 Å². The minimum absolute atomic E-state index is 0.0424. The smallest absolute Gasteiger partial charge is 0.282 e. The van der Waals surface area contributed by atoms with Crippen molar-refractivity contribution in [2.75, 3.05) is 5.32 Å². The van der Waals surface area contributed by atoms with Crippen LogP contribution in [0.1, 0.15) is 25.5 Å². The molecular formula is C17H17Cl3FN2O+. The SMILES string of the molecule is C[C@H]([NH2+][C@H](C)c1ccc(Cl)cc1Cl)C(=O)Nc1ccc(F)cc1Cl. The fourth-order valence-electron chi connectivity index (χ4n) is 2.33. The zero-order chi connectivity index (χ0) is 17.9. The molecule has 0 bridgehead atoms. The average Bonchev–Trinajstić information content (AvgIpc) is 2.49. The standard InChI is InChI=1S/C17H16Cl3FN2O/c1-9(13-5-3-11(18)7-14(13)19)22-10(2)17(24)23-16-6-4-12(21)8-15(16)20/h3-10,22H,1-2H3,(H,23,24)/p+1/t9-,10+/m1/s1. The molecular weight excluding hydrogens is 374 g/mol. The largest absolute Gasteiger partial charge is 0.330 e. The van der Waals surface area contributed by atoms with Gasteiger partial charge in [-0.1, -0.05) is 40.9 Å². The number of nitrogens with one attached hydrogen (secondary N) is 1. The highest BCUT2D eigenvalue weighted by atomic mass is 35.5. The van der Waals surface area contributed by atoms with Gasteiger partial charge in [-0.2, -0.15) is 0 Å². The number of quaternary nitrogens is 1. The minimum atomic E-state index is -0.455. The number of halogens is 4. The Hall–Kier alpha value is -1.33. The molecule has 0 unspecified atom stereocenters. The number of anilines is 1. The van der Waals surface area contributed by atoms with E-state index in [4.69, 9.17) is 34.8 Å². The summed E-state index contributed by atoms with van der Waals surface area (Å²) >= 11 is 18.0. The van der Waals surface area contributed by atoms with Crippen molar-refractivity contribution in [3.05, 3.63) is 62.8 Å². The zero-order valence-electron chi connectivity index (χ0n) is 13.1. The summed E-state index contributed by atoms with van der Waals surface area (Å²) in [4.78, 5) is 12.3. The summed E-state index contributed by atoms with van der Waals surface area (Å²) in [6, 6.07) is 8.66. The van der Waals surface area contributed by atoms with Crippen LogP contribution >= 0.6 is 34.8 Å². The number of carbonyl (C=O) groups excluding carboxylic acids is 1. The lowest BCUT2D eigenvalue weighted by Gasteiger charge is -2.18. The van der Waals surface area contributed by atoms with Gasteiger partial charge in [-0.3, -0.25) is 4.79 Å². The number of nitrogens with two attached hydrogens (primary N) is 1. The first-order valence-electron chi connectivity index (χ1n) is 7.33. The van der Waals surface area contributed by atoms with Crippen LogP contribution in [0.3, 0.4) is 0 Å². The quantitative estimate of drug-likeness (QED) is 0.779. The monoisotopic (exact) mass is 389 g/mol. The highest BCUT2D eigenvalue weighted by Crippen LogP contribution is 2.25. The Morgan fingerprint density at radius 3 is 2.42 bits per heavy atom. The van der Waals surface area contributed by atoms with Gasteiger partial charge < -0.3 is 10.6 Å². The van der Waals surface area contributed by atoms with Crippen LogP contribution in [0, 0.1) is 5.82 Å². The summed E-state index contributed by atoms with van der Waals surface area (Å²) in [5.41, 5.74) is 1.26. The van der Waals surface area contributed by atoms with Crippen molar-refractivity contribution in [2.24, 2.45) is 0 Å². The van der Waals surface area contributed by atoms with Gasteiger partial charge in [0.2, 0.25) is 0 Å². The van der Waals surface area contributed by atoms with Gasteiger partial charge in [-0.15, -0.1) is 0 Å². The van der Waals surface area contributed by atoms with E-state index in [1.807, 2.05) is 18.3 Å². The number of hydrogen-bond donors (Lipinski definition) is 2. The molecule has 0 fully saturated rings. The molecule has 24 heavy (non-hydrogen) atoms. The molecule has 0 aliphatic carbocycles. The Bertz CT molecular complexity index is 755. The van der Waals surface area contributed by atoms with E-state index in [9.17, 15) is 9.18 Å². The second-order valence-electron chi connectivity index (χ2n) is 5.55. The second kappa shape index (κ2) is 8.17. The van der Waals surface area contributed by atoms with E-state index in [1.165, 1.54) is 12.1 Å². The predicted molar refractivity (Wildman–Crippen MR) is 96.3 cm³/mol. The fraction of sp³-hybridized carbons (Fsp3) is 0.235. The summed E-state index contributed by atoms with van der Waals surface area (Å²) in [5, 5.41) is 5.85. The van der Waals surface area contributed by atoms with Crippen LogP contribution < -0.4 is 10.6 Å². The maximum atomic E-state index is 13.0. The van der Waals surface area contributed by atoms with Gasteiger partial charge in [-0.05, 0) is 44.2 Å². The third-order valence-electron chi connectivity index (χ3n) is 3.63. The van der Waals surface area contributed by atoms with E-state index in [2.05, 4.69) is 5.32 Å². The summed E-state index contributed by atoms with van der Waals surface area (Å²) in [7, 11) is 0. The van der Waals surface area contributed by atoms with E-state index in [0.29, 0.717) is 15.7 Å². The molecule has 3 nitrogen and oxygen atoms in total. The summed E-state index contributed by atoms with van der Waals surface area (Å²) in [6.45, 7) is 3.72. The maximum Gasteiger partial charge on any atom is 0.282 e. The molecule has 0 saturated carbocycles. The van der Waals surface area contributed by atoms with Gasteiger partial charge in [-0.25, -0.2) is 4.39 Å². The Balaban J connectivity index is 2.02. The number of carbonyl (C=O) groups is 1. The summed E-state index contributed by atoms with van der Waals surface area (Å²) in [6.07, 6.45) is 0. The molecule has 3 N–H and O–H groups in total. The molecule has 0 radical (unpaired) electrons. The molecule has 2 atom stereocenters. The zero-order valence-corrected chi connectivity index (χ0v) is 15.4. The molecule has 2 rings (SSSR count). The van der Waals surface area contributed by atoms with Gasteiger partial charge in [0.05, 0.1) is 15.7 Å². The Morgan fingerprint density at radius 2 is 1.79 bits per heavy atom. The molecule has 0 heterocycles. The molecule has 0 aliphatic rings. The Kier molecular flexibility index (Phi) is 6.47. The predicted octanol–water partition coefficient (Wildman–Crippen LogP) is 4.44. The average molecular weight is 391 g/mol. The fourth-order valence-corrected chi connectivity index (χ4v) is 3.13. The van der Waals surface area contributed by atoms with Crippen LogP contribution in [-0.4, -0.2) is 11.9 Å². The number of benzene rings is 2. The Morgan fingerprint density at radius 1 is 1.08 bits per heavy atom. The molecule has 1 amide bonds. The lowest BCUT2D eigenvalue weighted by atomic mass is 10.1. The topological polar surface area (TPSA) is 45.7 Å². The first-order valence-corrected chi connectivity index (χ1v) is 8.47. The van der Waals surface area contributed by atoms with Crippen molar-refractivity contribution in [1.82, 2.24) is 0 Å². The molecule has 0 spiro atoms. The first kappa shape index (κ1) is 19.0. The second-order valence-corrected chi connectivity index (χ2v) is 6.80. The van der Waals surface area contributed by atoms with Crippen molar-refractivity contribution in [3.8, 4) is 0 Å². The van der Waals surface area contributed by atoms with Crippen molar-refractivity contribution in [2.45, 2.75) is 25.9 Å². The van der Waals surface area contributed by atoms with Crippen molar-refractivity contribution in [3.63, 3.8) is 0 Å². The minimum Gasteiger partial charge on any atom is -0.330 e. The van der Waals surface area contributed by atoms with Gasteiger partial charge in [0.15, 0.2) is 6.04 Å². The number of rotatable bonds is 5. The van der Waals surface area contributed by atoms with Crippen molar-refractivity contribution in [1.29, 1.82) is 0 Å². The van der Waals surface area contributed by atoms with Crippen molar-refractivity contribution < 1.29 is 14.5 Å². The summed E-state index contributed by atoms with van der Waals surface area (Å²) < 4.78 is 13.0. The summed E-state index contributed by atoms with van der Waals surface area (Å²) in [5.74, 6) is -0.691. The lowest BCUT2D eigenvalue weighted by molar-refractivity contribution is -0.709. The van der Waals surface area contributed by atoms with Crippen molar-refractivity contribution >= 4 is 46.4 Å². The normalized spacial score (nSPS) is 13.4. The van der Waals surface area contributed by atoms with Gasteiger partial charge in [0.1, 0.15) is 11.9 Å². The third kappa shape index (κ3) is 4.84. The lowest BCUT2D eigenvalue weighted by Crippen LogP contribution is -2.91. The van der Waals surface area contributed by atoms with Crippen LogP contribution in [0.15, 0.2) is 36.4 Å². The number of amides is 1. The molecule has 2 aromatic carbocycles. The van der Waals surface area contributed by atoms with Gasteiger partial charge in [0.25, 0.3) is 5.91 Å².